The van der Waals surface area contributed by atoms with Crippen molar-refractivity contribution in [2.24, 2.45) is 7.05 Å². The van der Waals surface area contributed by atoms with Crippen molar-refractivity contribution in [1.29, 1.82) is 0 Å². The zero-order valence-corrected chi connectivity index (χ0v) is 14.1. The van der Waals surface area contributed by atoms with Crippen LogP contribution in [0.1, 0.15) is 28.8 Å². The lowest BCUT2D eigenvalue weighted by Gasteiger charge is -2.25. The lowest BCUT2D eigenvalue weighted by Crippen LogP contribution is -2.40. The van der Waals surface area contributed by atoms with E-state index in [0.717, 1.165) is 38.9 Å². The predicted octanol–water partition coefficient (Wildman–Crippen LogP) is 1.95. The lowest BCUT2D eigenvalue weighted by atomic mass is 10.1. The molecule has 126 valence electrons. The topological polar surface area (TPSA) is 41.4 Å². The summed E-state index contributed by atoms with van der Waals surface area (Å²) in [7, 11) is 1.85. The van der Waals surface area contributed by atoms with Crippen LogP contribution in [0.25, 0.3) is 0 Å². The maximum absolute atomic E-state index is 12.7. The molecule has 1 amide bonds. The largest absolute Gasteiger partial charge is 0.334 e. The number of benzene rings is 1. The van der Waals surface area contributed by atoms with Gasteiger partial charge in [0.2, 0.25) is 0 Å². The molecule has 0 spiro atoms. The second-order valence-electron chi connectivity index (χ2n) is 6.88. The first kappa shape index (κ1) is 15.4. The van der Waals surface area contributed by atoms with Gasteiger partial charge in [-0.3, -0.25) is 14.4 Å². The summed E-state index contributed by atoms with van der Waals surface area (Å²) in [5.41, 5.74) is 2.10. The number of carbonyl (C=O) groups is 1. The quantitative estimate of drug-likeness (QED) is 0.863. The molecule has 1 aromatic carbocycles. The van der Waals surface area contributed by atoms with Crippen LogP contribution < -0.4 is 0 Å². The van der Waals surface area contributed by atoms with Gasteiger partial charge < -0.3 is 4.90 Å². The summed E-state index contributed by atoms with van der Waals surface area (Å²) in [6.45, 7) is 3.05. The van der Waals surface area contributed by atoms with Gasteiger partial charge in [-0.05, 0) is 24.8 Å². The second-order valence-corrected chi connectivity index (χ2v) is 6.88. The molecule has 2 atom stereocenters. The number of carbonyl (C=O) groups excluding carboxylic acids is 1. The number of nitrogens with zero attached hydrogens (tertiary/aromatic N) is 4. The Hall–Kier alpha value is -2.14. The number of hydrogen-bond acceptors (Lipinski definition) is 3. The summed E-state index contributed by atoms with van der Waals surface area (Å²) in [5, 5.41) is 4.13. The molecule has 24 heavy (non-hydrogen) atoms. The highest BCUT2D eigenvalue weighted by atomic mass is 16.2. The molecular formula is C19H24N4O. The van der Waals surface area contributed by atoms with Crippen molar-refractivity contribution in [3.63, 3.8) is 0 Å². The number of amides is 1. The Bertz CT molecular complexity index is 711. The Labute approximate surface area is 142 Å². The first-order valence-corrected chi connectivity index (χ1v) is 8.80. The third-order valence-electron chi connectivity index (χ3n) is 5.43. The Morgan fingerprint density at radius 2 is 1.96 bits per heavy atom. The zero-order valence-electron chi connectivity index (χ0n) is 14.1. The van der Waals surface area contributed by atoms with Gasteiger partial charge in [-0.25, -0.2) is 0 Å². The van der Waals surface area contributed by atoms with E-state index < -0.39 is 0 Å². The first-order chi connectivity index (χ1) is 11.7. The summed E-state index contributed by atoms with van der Waals surface area (Å²) >= 11 is 0. The maximum atomic E-state index is 12.7. The van der Waals surface area contributed by atoms with Gasteiger partial charge in [0, 0.05) is 45.0 Å². The lowest BCUT2D eigenvalue weighted by molar-refractivity contribution is 0.0732. The van der Waals surface area contributed by atoms with Gasteiger partial charge >= 0.3 is 0 Å². The van der Waals surface area contributed by atoms with E-state index in [1.54, 1.807) is 10.9 Å². The van der Waals surface area contributed by atoms with Crippen molar-refractivity contribution in [3.05, 3.63) is 53.9 Å². The monoisotopic (exact) mass is 324 g/mol. The molecule has 0 bridgehead atoms. The summed E-state index contributed by atoms with van der Waals surface area (Å²) in [6.07, 6.45) is 6.76. The standard InChI is InChI=1S/C19H24N4O/c1-21-14-16(13-20-21)19(24)23-12-9-17-18(23)8-11-22(17)10-7-15-5-3-2-4-6-15/h2-6,13-14,17-18H,7-12H2,1H3/t17-,18+/m1/s1. The SMILES string of the molecule is Cn1cc(C(=O)N2CC[C@@H]3[C@@H]2CCN3CCc2ccccc2)cn1. The molecule has 2 aliphatic rings. The van der Waals surface area contributed by atoms with Crippen molar-refractivity contribution in [3.8, 4) is 0 Å². The van der Waals surface area contributed by atoms with Gasteiger partial charge in [0.15, 0.2) is 0 Å². The Balaban J connectivity index is 1.39. The normalized spacial score (nSPS) is 23.6. The van der Waals surface area contributed by atoms with Gasteiger partial charge in [0.05, 0.1) is 11.8 Å². The van der Waals surface area contributed by atoms with Crippen LogP contribution in [0.3, 0.4) is 0 Å². The highest BCUT2D eigenvalue weighted by Gasteiger charge is 2.44. The summed E-state index contributed by atoms with van der Waals surface area (Å²) in [6, 6.07) is 11.6. The molecule has 0 N–H and O–H groups in total. The average Bonchev–Trinajstić information content (AvgIpc) is 3.30. The summed E-state index contributed by atoms with van der Waals surface area (Å²) < 4.78 is 1.70. The maximum Gasteiger partial charge on any atom is 0.257 e. The van der Waals surface area contributed by atoms with Gasteiger partial charge in [0.1, 0.15) is 0 Å². The highest BCUT2D eigenvalue weighted by Crippen LogP contribution is 2.32. The van der Waals surface area contributed by atoms with E-state index in [4.69, 9.17) is 0 Å². The van der Waals surface area contributed by atoms with Crippen LogP contribution in [0, 0.1) is 0 Å². The van der Waals surface area contributed by atoms with Crippen LogP contribution in [0.4, 0.5) is 0 Å². The molecule has 2 aromatic rings. The molecule has 2 saturated heterocycles. The third kappa shape index (κ3) is 2.84. The van der Waals surface area contributed by atoms with Gasteiger partial charge in [-0.15, -0.1) is 0 Å². The number of rotatable bonds is 4. The Morgan fingerprint density at radius 1 is 1.17 bits per heavy atom. The molecule has 5 heteroatoms. The Morgan fingerprint density at radius 3 is 2.71 bits per heavy atom. The smallest absolute Gasteiger partial charge is 0.257 e. The second kappa shape index (κ2) is 6.40. The molecule has 2 aliphatic heterocycles. The number of aromatic nitrogens is 2. The van der Waals surface area contributed by atoms with Crippen LogP contribution in [0.5, 0.6) is 0 Å². The van der Waals surface area contributed by atoms with Gasteiger partial charge in [-0.1, -0.05) is 30.3 Å². The van der Waals surface area contributed by atoms with E-state index in [-0.39, 0.29) is 5.91 Å². The minimum absolute atomic E-state index is 0.139. The predicted molar refractivity (Wildman–Crippen MR) is 92.8 cm³/mol. The minimum atomic E-state index is 0.139. The van der Waals surface area contributed by atoms with Crippen molar-refractivity contribution in [2.45, 2.75) is 31.3 Å². The molecule has 0 saturated carbocycles. The van der Waals surface area contributed by atoms with E-state index in [2.05, 4.69) is 45.2 Å². The van der Waals surface area contributed by atoms with E-state index in [0.29, 0.717) is 17.6 Å². The summed E-state index contributed by atoms with van der Waals surface area (Å²) in [4.78, 5) is 17.4. The van der Waals surface area contributed by atoms with Crippen LogP contribution in [0.2, 0.25) is 0 Å². The number of fused-ring (bicyclic) bond motifs is 1. The van der Waals surface area contributed by atoms with Crippen molar-refractivity contribution >= 4 is 5.91 Å². The molecule has 2 fully saturated rings. The van der Waals surface area contributed by atoms with E-state index in [1.165, 1.54) is 5.56 Å². The molecule has 3 heterocycles. The van der Waals surface area contributed by atoms with E-state index in [9.17, 15) is 4.79 Å². The van der Waals surface area contributed by atoms with Crippen molar-refractivity contribution in [1.82, 2.24) is 19.6 Å². The van der Waals surface area contributed by atoms with Crippen LogP contribution >= 0.6 is 0 Å². The molecule has 0 aliphatic carbocycles. The number of hydrogen-bond donors (Lipinski definition) is 0. The third-order valence-corrected chi connectivity index (χ3v) is 5.43. The van der Waals surface area contributed by atoms with E-state index >= 15 is 0 Å². The number of aryl methyl sites for hydroxylation is 1. The van der Waals surface area contributed by atoms with Gasteiger partial charge in [-0.2, -0.15) is 5.10 Å². The van der Waals surface area contributed by atoms with Crippen molar-refractivity contribution < 1.29 is 4.79 Å². The van der Waals surface area contributed by atoms with E-state index in [1.807, 2.05) is 13.2 Å². The van der Waals surface area contributed by atoms with Crippen LogP contribution in [0.15, 0.2) is 42.7 Å². The molecular weight excluding hydrogens is 300 g/mol. The highest BCUT2D eigenvalue weighted by molar-refractivity contribution is 5.94. The van der Waals surface area contributed by atoms with Gasteiger partial charge in [0.25, 0.3) is 5.91 Å². The van der Waals surface area contributed by atoms with Crippen molar-refractivity contribution in [2.75, 3.05) is 19.6 Å². The first-order valence-electron chi connectivity index (χ1n) is 8.80. The molecule has 5 nitrogen and oxygen atoms in total. The average molecular weight is 324 g/mol. The minimum Gasteiger partial charge on any atom is -0.334 e. The molecule has 1 aromatic heterocycles. The zero-order chi connectivity index (χ0) is 16.5. The Kier molecular flexibility index (Phi) is 4.10. The molecule has 4 rings (SSSR count). The molecule has 0 unspecified atom stereocenters. The fraction of sp³-hybridized carbons (Fsp3) is 0.474. The summed E-state index contributed by atoms with van der Waals surface area (Å²) in [5.74, 6) is 0.139. The van der Waals surface area contributed by atoms with Crippen LogP contribution in [-0.4, -0.2) is 57.2 Å². The molecule has 0 radical (unpaired) electrons. The van der Waals surface area contributed by atoms with Crippen LogP contribution in [-0.2, 0) is 13.5 Å². The fourth-order valence-electron chi connectivity index (χ4n) is 4.22. The fourth-order valence-corrected chi connectivity index (χ4v) is 4.22. The number of likely N-dealkylation sites (tertiary alicyclic amines) is 2.